The van der Waals surface area contributed by atoms with E-state index in [9.17, 15) is 0 Å². The summed E-state index contributed by atoms with van der Waals surface area (Å²) in [4.78, 5) is 4.33. The number of nitrogens with two attached hydrogens (primary N) is 1. The van der Waals surface area contributed by atoms with E-state index in [0.29, 0.717) is 17.9 Å². The zero-order chi connectivity index (χ0) is 14.4. The molecule has 0 bridgehead atoms. The maximum Gasteiger partial charge on any atom is 0.239 e. The first-order valence-corrected chi connectivity index (χ1v) is 8.05. The molecule has 0 saturated carbocycles. The van der Waals surface area contributed by atoms with Crippen molar-refractivity contribution in [1.82, 2.24) is 14.8 Å². The van der Waals surface area contributed by atoms with Crippen LogP contribution in [0.1, 0.15) is 60.7 Å². The largest absolute Gasteiger partial charge is 0.366 e. The molecule has 1 aromatic carbocycles. The number of hydrogen-bond acceptors (Lipinski definition) is 3. The first-order valence-electron chi connectivity index (χ1n) is 8.05. The lowest BCUT2D eigenvalue weighted by molar-refractivity contribution is 0.338. The first-order chi connectivity index (χ1) is 10.2. The summed E-state index contributed by atoms with van der Waals surface area (Å²) in [5.41, 5.74) is 10.3. The fourth-order valence-corrected chi connectivity index (χ4v) is 4.00. The van der Waals surface area contributed by atoms with Crippen LogP contribution in [0.2, 0.25) is 0 Å². The minimum Gasteiger partial charge on any atom is -0.366 e. The van der Waals surface area contributed by atoms with Crippen molar-refractivity contribution in [1.29, 1.82) is 0 Å². The zero-order valence-electron chi connectivity index (χ0n) is 12.5. The number of anilines is 1. The molecule has 0 spiro atoms. The van der Waals surface area contributed by atoms with Crippen molar-refractivity contribution < 1.29 is 0 Å². The monoisotopic (exact) mass is 282 g/mol. The van der Waals surface area contributed by atoms with Crippen molar-refractivity contribution in [3.63, 3.8) is 0 Å². The van der Waals surface area contributed by atoms with E-state index >= 15 is 0 Å². The average Bonchev–Trinajstić information content (AvgIpc) is 2.89. The molecule has 21 heavy (non-hydrogen) atoms. The second-order valence-corrected chi connectivity index (χ2v) is 6.45. The molecule has 2 atom stereocenters. The molecule has 2 aliphatic rings. The number of fused-ring (bicyclic) bond motifs is 2. The molecule has 1 aromatic heterocycles. The minimum atomic E-state index is 0.334. The van der Waals surface area contributed by atoms with Crippen molar-refractivity contribution in [3.8, 4) is 0 Å². The lowest BCUT2D eigenvalue weighted by atomic mass is 9.82. The van der Waals surface area contributed by atoms with E-state index < -0.39 is 0 Å². The van der Waals surface area contributed by atoms with Crippen molar-refractivity contribution in [2.75, 3.05) is 5.73 Å². The number of aryl methyl sites for hydroxylation is 3. The van der Waals surface area contributed by atoms with Gasteiger partial charge in [0.1, 0.15) is 5.82 Å². The standard InChI is InChI=1S/C17H22N4/c1-11-15(8-9-16-19-17(18)20-21(11)16)14-7-6-12-4-2-3-5-13(12)10-14/h6-7,10-11,15H,2-5,8-9H2,1H3,(H2,18,20). The summed E-state index contributed by atoms with van der Waals surface area (Å²) >= 11 is 0. The molecule has 2 unspecified atom stereocenters. The number of rotatable bonds is 1. The van der Waals surface area contributed by atoms with Crippen LogP contribution < -0.4 is 5.73 Å². The second-order valence-electron chi connectivity index (χ2n) is 6.45. The summed E-state index contributed by atoms with van der Waals surface area (Å²) < 4.78 is 2.03. The smallest absolute Gasteiger partial charge is 0.239 e. The highest BCUT2D eigenvalue weighted by molar-refractivity contribution is 5.36. The van der Waals surface area contributed by atoms with Crippen LogP contribution in [0.15, 0.2) is 18.2 Å². The van der Waals surface area contributed by atoms with Gasteiger partial charge in [0.25, 0.3) is 0 Å². The number of aromatic nitrogens is 3. The van der Waals surface area contributed by atoms with E-state index in [0.717, 1.165) is 18.7 Å². The SMILES string of the molecule is CC1C(c2ccc3c(c2)CCCC3)CCc2nc(N)nn21. The van der Waals surface area contributed by atoms with Gasteiger partial charge in [0.2, 0.25) is 5.95 Å². The second kappa shape index (κ2) is 4.86. The maximum absolute atomic E-state index is 5.75. The number of nitrogen functional groups attached to an aromatic ring is 1. The van der Waals surface area contributed by atoms with Gasteiger partial charge in [0, 0.05) is 12.3 Å². The molecule has 0 saturated heterocycles. The van der Waals surface area contributed by atoms with E-state index in [1.54, 1.807) is 11.1 Å². The van der Waals surface area contributed by atoms with Gasteiger partial charge >= 0.3 is 0 Å². The van der Waals surface area contributed by atoms with Crippen LogP contribution in [0.5, 0.6) is 0 Å². The Bertz CT molecular complexity index is 673. The van der Waals surface area contributed by atoms with Gasteiger partial charge in [0.05, 0.1) is 6.04 Å². The van der Waals surface area contributed by atoms with Crippen LogP contribution in [-0.2, 0) is 19.3 Å². The van der Waals surface area contributed by atoms with Crippen molar-refractivity contribution in [2.24, 2.45) is 0 Å². The average molecular weight is 282 g/mol. The molecular formula is C17H22N4. The van der Waals surface area contributed by atoms with Gasteiger partial charge in [-0.15, -0.1) is 5.10 Å². The molecule has 0 amide bonds. The topological polar surface area (TPSA) is 56.7 Å². The van der Waals surface area contributed by atoms with Crippen LogP contribution in [-0.4, -0.2) is 14.8 Å². The van der Waals surface area contributed by atoms with E-state index in [1.807, 2.05) is 4.68 Å². The van der Waals surface area contributed by atoms with Crippen molar-refractivity contribution >= 4 is 5.95 Å². The quantitative estimate of drug-likeness (QED) is 0.874. The molecular weight excluding hydrogens is 260 g/mol. The van der Waals surface area contributed by atoms with Gasteiger partial charge in [-0.05, 0) is 55.7 Å². The Morgan fingerprint density at radius 1 is 1.14 bits per heavy atom. The van der Waals surface area contributed by atoms with Gasteiger partial charge < -0.3 is 5.73 Å². The summed E-state index contributed by atoms with van der Waals surface area (Å²) in [5.74, 6) is 1.96. The highest BCUT2D eigenvalue weighted by Crippen LogP contribution is 2.38. The molecule has 2 N–H and O–H groups in total. The Labute approximate surface area is 125 Å². The van der Waals surface area contributed by atoms with Gasteiger partial charge in [-0.1, -0.05) is 18.2 Å². The van der Waals surface area contributed by atoms with Crippen molar-refractivity contribution in [3.05, 3.63) is 40.7 Å². The Morgan fingerprint density at radius 3 is 2.81 bits per heavy atom. The highest BCUT2D eigenvalue weighted by Gasteiger charge is 2.29. The Hall–Kier alpha value is -1.84. The van der Waals surface area contributed by atoms with Gasteiger partial charge in [0.15, 0.2) is 0 Å². The van der Waals surface area contributed by atoms with E-state index in [4.69, 9.17) is 5.73 Å². The summed E-state index contributed by atoms with van der Waals surface area (Å²) in [6.45, 7) is 2.24. The molecule has 2 aromatic rings. The number of nitrogens with zero attached hydrogens (tertiary/aromatic N) is 3. The van der Waals surface area contributed by atoms with E-state index in [-0.39, 0.29) is 0 Å². The molecule has 1 aliphatic carbocycles. The van der Waals surface area contributed by atoms with E-state index in [2.05, 4.69) is 35.2 Å². The van der Waals surface area contributed by atoms with Crippen LogP contribution in [0.4, 0.5) is 5.95 Å². The van der Waals surface area contributed by atoms with Crippen molar-refractivity contribution in [2.45, 2.75) is 57.4 Å². The summed E-state index contributed by atoms with van der Waals surface area (Å²) in [5, 5.41) is 4.38. The summed E-state index contributed by atoms with van der Waals surface area (Å²) in [6.07, 6.45) is 7.27. The van der Waals surface area contributed by atoms with E-state index in [1.165, 1.54) is 31.2 Å². The Morgan fingerprint density at radius 2 is 1.95 bits per heavy atom. The molecule has 0 fully saturated rings. The third kappa shape index (κ3) is 2.13. The van der Waals surface area contributed by atoms with Gasteiger partial charge in [-0.3, -0.25) is 0 Å². The highest BCUT2D eigenvalue weighted by atomic mass is 15.4. The van der Waals surface area contributed by atoms with Crippen LogP contribution in [0, 0.1) is 0 Å². The minimum absolute atomic E-state index is 0.334. The molecule has 4 heteroatoms. The Kier molecular flexibility index (Phi) is 2.98. The summed E-state index contributed by atoms with van der Waals surface area (Å²) in [7, 11) is 0. The molecule has 0 radical (unpaired) electrons. The lowest BCUT2D eigenvalue weighted by Crippen LogP contribution is -2.24. The summed E-state index contributed by atoms with van der Waals surface area (Å²) in [6, 6.07) is 7.46. The fourth-order valence-electron chi connectivity index (χ4n) is 4.00. The number of hydrogen-bond donors (Lipinski definition) is 1. The predicted octanol–water partition coefficient (Wildman–Crippen LogP) is 3.03. The lowest BCUT2D eigenvalue weighted by Gasteiger charge is -2.30. The molecule has 2 heterocycles. The third-order valence-electron chi connectivity index (χ3n) is 5.17. The molecule has 4 rings (SSSR count). The molecule has 1 aliphatic heterocycles. The zero-order valence-corrected chi connectivity index (χ0v) is 12.5. The Balaban J connectivity index is 1.68. The maximum atomic E-state index is 5.75. The van der Waals surface area contributed by atoms with Crippen LogP contribution in [0.3, 0.4) is 0 Å². The fraction of sp³-hybridized carbons (Fsp3) is 0.529. The van der Waals surface area contributed by atoms with Crippen LogP contribution >= 0.6 is 0 Å². The number of benzene rings is 1. The van der Waals surface area contributed by atoms with Crippen LogP contribution in [0.25, 0.3) is 0 Å². The molecule has 4 nitrogen and oxygen atoms in total. The van der Waals surface area contributed by atoms with Gasteiger partial charge in [-0.25, -0.2) is 4.68 Å². The predicted molar refractivity (Wildman–Crippen MR) is 83.3 cm³/mol. The third-order valence-corrected chi connectivity index (χ3v) is 5.17. The first kappa shape index (κ1) is 12.9. The normalized spacial score (nSPS) is 24.4. The molecule has 110 valence electrons. The van der Waals surface area contributed by atoms with Gasteiger partial charge in [-0.2, -0.15) is 4.98 Å².